The van der Waals surface area contributed by atoms with Crippen LogP contribution in [0.5, 0.6) is 0 Å². The minimum atomic E-state index is 0.716. The molecule has 0 amide bonds. The summed E-state index contributed by atoms with van der Waals surface area (Å²) in [6.45, 7) is 2.99. The molecule has 0 aliphatic carbocycles. The first-order chi connectivity index (χ1) is 9.42. The quantitative estimate of drug-likeness (QED) is 0.822. The summed E-state index contributed by atoms with van der Waals surface area (Å²) in [6, 6.07) is 8.04. The molecule has 2 aromatic rings. The van der Waals surface area contributed by atoms with Crippen LogP contribution in [0, 0.1) is 0 Å². The van der Waals surface area contributed by atoms with Gasteiger partial charge in [0, 0.05) is 24.7 Å². The third kappa shape index (κ3) is 3.09. The topological polar surface area (TPSA) is 49.8 Å². The molecule has 1 aromatic heterocycles. The van der Waals surface area contributed by atoms with Gasteiger partial charge in [0.25, 0.3) is 0 Å². The first kappa shape index (κ1) is 12.1. The summed E-state index contributed by atoms with van der Waals surface area (Å²) < 4.78 is 0. The van der Waals surface area contributed by atoms with Crippen LogP contribution in [-0.2, 0) is 0 Å². The summed E-state index contributed by atoms with van der Waals surface area (Å²) in [5.41, 5.74) is 2.51. The van der Waals surface area contributed by atoms with E-state index in [1.54, 1.807) is 0 Å². The molecule has 0 radical (unpaired) electrons. The molecule has 2 heterocycles. The highest BCUT2D eigenvalue weighted by atomic mass is 15.1. The molecule has 98 valence electrons. The van der Waals surface area contributed by atoms with Crippen LogP contribution >= 0.6 is 0 Å². The van der Waals surface area contributed by atoms with Crippen molar-refractivity contribution < 1.29 is 0 Å². The Morgan fingerprint density at radius 2 is 2.21 bits per heavy atom. The van der Waals surface area contributed by atoms with Gasteiger partial charge in [0.1, 0.15) is 0 Å². The van der Waals surface area contributed by atoms with Crippen molar-refractivity contribution in [3.8, 4) is 0 Å². The van der Waals surface area contributed by atoms with Gasteiger partial charge >= 0.3 is 0 Å². The Morgan fingerprint density at radius 3 is 3.11 bits per heavy atom. The van der Waals surface area contributed by atoms with Crippen molar-refractivity contribution in [2.75, 3.05) is 25.0 Å². The molecular formula is C15H18N4. The summed E-state index contributed by atoms with van der Waals surface area (Å²) in [5, 5.41) is 7.70. The van der Waals surface area contributed by atoms with Crippen molar-refractivity contribution in [1.82, 2.24) is 15.3 Å². The van der Waals surface area contributed by atoms with E-state index in [0.29, 0.717) is 5.95 Å². The maximum Gasteiger partial charge on any atom is 0.223 e. The van der Waals surface area contributed by atoms with Gasteiger partial charge in [-0.2, -0.15) is 0 Å². The van der Waals surface area contributed by atoms with Gasteiger partial charge in [-0.05, 0) is 25.5 Å². The summed E-state index contributed by atoms with van der Waals surface area (Å²) >= 11 is 0. The number of hydrogen-bond donors (Lipinski definition) is 2. The molecule has 19 heavy (non-hydrogen) atoms. The fraction of sp³-hybridized carbons (Fsp3) is 0.333. The van der Waals surface area contributed by atoms with Crippen LogP contribution in [-0.4, -0.2) is 29.6 Å². The molecule has 3 rings (SSSR count). The second-order valence-electron chi connectivity index (χ2n) is 4.75. The maximum absolute atomic E-state index is 4.50. The molecular weight excluding hydrogens is 236 g/mol. The van der Waals surface area contributed by atoms with Crippen LogP contribution in [0.2, 0.25) is 0 Å². The number of aromatic nitrogens is 2. The summed E-state index contributed by atoms with van der Waals surface area (Å²) in [4.78, 5) is 8.84. The van der Waals surface area contributed by atoms with E-state index in [2.05, 4.69) is 26.7 Å². The smallest absolute Gasteiger partial charge is 0.223 e. The van der Waals surface area contributed by atoms with E-state index in [9.17, 15) is 0 Å². The summed E-state index contributed by atoms with van der Waals surface area (Å²) in [7, 11) is 0. The number of benzene rings is 1. The molecule has 1 aliphatic rings. The fourth-order valence-electron chi connectivity index (χ4n) is 2.29. The lowest BCUT2D eigenvalue weighted by Crippen LogP contribution is -2.21. The van der Waals surface area contributed by atoms with Gasteiger partial charge in [-0.1, -0.05) is 29.8 Å². The molecule has 2 N–H and O–H groups in total. The van der Waals surface area contributed by atoms with Crippen LogP contribution in [0.1, 0.15) is 12.8 Å². The Hall–Kier alpha value is -1.94. The molecule has 0 saturated carbocycles. The van der Waals surface area contributed by atoms with E-state index in [-0.39, 0.29) is 0 Å². The predicted octanol–water partition coefficient (Wildman–Crippen LogP) is 2.35. The van der Waals surface area contributed by atoms with Crippen LogP contribution in [0.3, 0.4) is 0 Å². The Bertz CT molecular complexity index is 591. The highest BCUT2D eigenvalue weighted by Crippen LogP contribution is 2.13. The van der Waals surface area contributed by atoms with Crippen molar-refractivity contribution >= 4 is 16.9 Å². The first-order valence-electron chi connectivity index (χ1n) is 6.76. The lowest BCUT2D eigenvalue weighted by atomic mass is 10.1. The van der Waals surface area contributed by atoms with Gasteiger partial charge in [-0.3, -0.25) is 0 Å². The zero-order chi connectivity index (χ0) is 12.9. The van der Waals surface area contributed by atoms with E-state index >= 15 is 0 Å². The predicted molar refractivity (Wildman–Crippen MR) is 78.2 cm³/mol. The lowest BCUT2D eigenvalue weighted by Gasteiger charge is -2.14. The van der Waals surface area contributed by atoms with Gasteiger partial charge < -0.3 is 10.6 Å². The van der Waals surface area contributed by atoms with Crippen LogP contribution in [0.15, 0.2) is 42.1 Å². The minimum Gasteiger partial charge on any atom is -0.354 e. The molecule has 1 aromatic carbocycles. The average molecular weight is 254 g/mol. The van der Waals surface area contributed by atoms with E-state index < -0.39 is 0 Å². The molecule has 0 spiro atoms. The minimum absolute atomic E-state index is 0.716. The summed E-state index contributed by atoms with van der Waals surface area (Å²) in [5.74, 6) is 0.716. The van der Waals surface area contributed by atoms with Crippen LogP contribution in [0.25, 0.3) is 10.9 Å². The lowest BCUT2D eigenvalue weighted by molar-refractivity contribution is 0.683. The number of rotatable bonds is 4. The largest absolute Gasteiger partial charge is 0.354 e. The van der Waals surface area contributed by atoms with Gasteiger partial charge in [0.15, 0.2) is 0 Å². The molecule has 0 saturated heterocycles. The Kier molecular flexibility index (Phi) is 3.70. The molecule has 0 unspecified atom stereocenters. The Morgan fingerprint density at radius 1 is 1.26 bits per heavy atom. The third-order valence-corrected chi connectivity index (χ3v) is 3.38. The van der Waals surface area contributed by atoms with Crippen molar-refractivity contribution in [3.05, 3.63) is 42.1 Å². The van der Waals surface area contributed by atoms with E-state index in [0.717, 1.165) is 43.4 Å². The van der Waals surface area contributed by atoms with Gasteiger partial charge in [-0.15, -0.1) is 0 Å². The van der Waals surface area contributed by atoms with Crippen molar-refractivity contribution in [1.29, 1.82) is 0 Å². The van der Waals surface area contributed by atoms with Gasteiger partial charge in [0.2, 0.25) is 5.95 Å². The first-order valence-corrected chi connectivity index (χ1v) is 6.76. The number of nitrogens with zero attached hydrogens (tertiary/aromatic N) is 2. The number of nitrogens with one attached hydrogen (secondary N) is 2. The number of anilines is 1. The van der Waals surface area contributed by atoms with Gasteiger partial charge in [0.05, 0.1) is 5.52 Å². The molecule has 1 aliphatic heterocycles. The number of para-hydroxylation sites is 1. The molecule has 0 bridgehead atoms. The Labute approximate surface area is 113 Å². The fourth-order valence-corrected chi connectivity index (χ4v) is 2.29. The average Bonchev–Trinajstić information content (AvgIpc) is 2.48. The van der Waals surface area contributed by atoms with Crippen molar-refractivity contribution in [3.63, 3.8) is 0 Å². The summed E-state index contributed by atoms with van der Waals surface area (Å²) in [6.07, 6.45) is 6.37. The maximum atomic E-state index is 4.50. The zero-order valence-electron chi connectivity index (χ0n) is 10.9. The van der Waals surface area contributed by atoms with Crippen LogP contribution < -0.4 is 10.6 Å². The van der Waals surface area contributed by atoms with E-state index in [4.69, 9.17) is 0 Å². The highest BCUT2D eigenvalue weighted by Gasteiger charge is 2.03. The van der Waals surface area contributed by atoms with Crippen molar-refractivity contribution in [2.45, 2.75) is 12.8 Å². The molecule has 0 fully saturated rings. The standard InChI is InChI=1S/C15H18N4/c1-2-4-14-13(3-1)11-18-15(19-14)17-10-7-12-5-8-16-9-6-12/h1-5,11,16H,6-10H2,(H,17,18,19). The molecule has 4 nitrogen and oxygen atoms in total. The third-order valence-electron chi connectivity index (χ3n) is 3.38. The SMILES string of the molecule is C1=C(CCNc2ncc3ccccc3n2)CCNC1. The van der Waals surface area contributed by atoms with E-state index in [1.807, 2.05) is 30.5 Å². The number of hydrogen-bond acceptors (Lipinski definition) is 4. The molecule has 0 atom stereocenters. The van der Waals surface area contributed by atoms with E-state index in [1.165, 1.54) is 5.57 Å². The Balaban J connectivity index is 1.60. The second-order valence-corrected chi connectivity index (χ2v) is 4.75. The van der Waals surface area contributed by atoms with Gasteiger partial charge in [-0.25, -0.2) is 9.97 Å². The van der Waals surface area contributed by atoms with Crippen LogP contribution in [0.4, 0.5) is 5.95 Å². The second kappa shape index (κ2) is 5.80. The number of fused-ring (bicyclic) bond motifs is 1. The van der Waals surface area contributed by atoms with Crippen molar-refractivity contribution in [2.24, 2.45) is 0 Å². The normalized spacial score (nSPS) is 15.3. The monoisotopic (exact) mass is 254 g/mol. The zero-order valence-corrected chi connectivity index (χ0v) is 10.9. The highest BCUT2D eigenvalue weighted by molar-refractivity contribution is 5.78. The molecule has 4 heteroatoms.